The summed E-state index contributed by atoms with van der Waals surface area (Å²) in [7, 11) is 0. The maximum absolute atomic E-state index is 12.7. The van der Waals surface area contributed by atoms with Crippen molar-refractivity contribution in [2.24, 2.45) is 0 Å². The van der Waals surface area contributed by atoms with Crippen LogP contribution in [0.2, 0.25) is 0 Å². The Morgan fingerprint density at radius 2 is 1.73 bits per heavy atom. The van der Waals surface area contributed by atoms with Gasteiger partial charge in [-0.15, -0.1) is 0 Å². The molecule has 1 aliphatic carbocycles. The molecule has 1 saturated carbocycles. The molecule has 0 atom stereocenters. The highest BCUT2D eigenvalue weighted by Crippen LogP contribution is 2.22. The molecule has 7 nitrogen and oxygen atoms in total. The number of carbonyl (C=O) groups is 3. The molecule has 1 aromatic carbocycles. The Morgan fingerprint density at radius 1 is 1.07 bits per heavy atom. The van der Waals surface area contributed by atoms with Crippen molar-refractivity contribution in [3.05, 3.63) is 41.5 Å². The summed E-state index contributed by atoms with van der Waals surface area (Å²) in [4.78, 5) is 38.1. The van der Waals surface area contributed by atoms with Gasteiger partial charge < -0.3 is 19.7 Å². The van der Waals surface area contributed by atoms with Gasteiger partial charge in [0.25, 0.3) is 5.91 Å². The van der Waals surface area contributed by atoms with Crippen molar-refractivity contribution >= 4 is 18.0 Å². The van der Waals surface area contributed by atoms with E-state index in [0.29, 0.717) is 24.4 Å². The summed E-state index contributed by atoms with van der Waals surface area (Å²) in [6, 6.07) is 6.54. The number of piperidine rings is 1. The molecule has 0 spiro atoms. The predicted octanol–water partition coefficient (Wildman–Crippen LogP) is 3.83. The van der Waals surface area contributed by atoms with Gasteiger partial charge in [0.15, 0.2) is 0 Å². The van der Waals surface area contributed by atoms with Gasteiger partial charge in [0.2, 0.25) is 5.91 Å². The Labute approximate surface area is 177 Å². The molecule has 2 aliphatic rings. The van der Waals surface area contributed by atoms with Gasteiger partial charge in [0.1, 0.15) is 5.75 Å². The van der Waals surface area contributed by atoms with Gasteiger partial charge in [-0.25, -0.2) is 4.79 Å². The molecule has 7 heteroatoms. The molecule has 0 radical (unpaired) electrons. The first kappa shape index (κ1) is 21.9. The van der Waals surface area contributed by atoms with E-state index in [1.54, 1.807) is 42.2 Å². The summed E-state index contributed by atoms with van der Waals surface area (Å²) < 4.78 is 9.74. The van der Waals surface area contributed by atoms with E-state index in [-0.39, 0.29) is 24.5 Å². The average molecular weight is 415 g/mol. The van der Waals surface area contributed by atoms with Crippen molar-refractivity contribution in [1.29, 1.82) is 0 Å². The van der Waals surface area contributed by atoms with Crippen LogP contribution in [-0.2, 0) is 9.53 Å². The lowest BCUT2D eigenvalue weighted by molar-refractivity contribution is -0.117. The molecule has 0 unspecified atom stereocenters. The fraction of sp³-hybridized carbons (Fsp3) is 0.522. The van der Waals surface area contributed by atoms with E-state index in [4.69, 9.17) is 9.47 Å². The summed E-state index contributed by atoms with van der Waals surface area (Å²) in [5.74, 6) is 0.263. The van der Waals surface area contributed by atoms with Crippen molar-refractivity contribution in [2.45, 2.75) is 57.9 Å². The number of amides is 2. The fourth-order valence-electron chi connectivity index (χ4n) is 3.90. The molecular formula is C23H30N2O5. The number of nitrogens with zero attached hydrogens (tertiary/aromatic N) is 1. The first-order valence-electron chi connectivity index (χ1n) is 10.8. The van der Waals surface area contributed by atoms with Gasteiger partial charge in [-0.3, -0.25) is 9.59 Å². The van der Waals surface area contributed by atoms with Crippen LogP contribution < -0.4 is 10.1 Å². The molecule has 2 fully saturated rings. The van der Waals surface area contributed by atoms with E-state index in [0.717, 1.165) is 25.7 Å². The summed E-state index contributed by atoms with van der Waals surface area (Å²) >= 11 is 0. The van der Waals surface area contributed by atoms with Crippen LogP contribution >= 0.6 is 0 Å². The van der Waals surface area contributed by atoms with Crippen molar-refractivity contribution in [3.8, 4) is 5.75 Å². The third kappa shape index (κ3) is 6.34. The molecular weight excluding hydrogens is 384 g/mol. The van der Waals surface area contributed by atoms with E-state index in [2.05, 4.69) is 5.32 Å². The Kier molecular flexibility index (Phi) is 7.88. The van der Waals surface area contributed by atoms with Gasteiger partial charge >= 0.3 is 6.16 Å². The Hall–Kier alpha value is -2.83. The molecule has 1 saturated heterocycles. The minimum Gasteiger partial charge on any atom is -0.434 e. The van der Waals surface area contributed by atoms with E-state index < -0.39 is 6.16 Å². The molecule has 30 heavy (non-hydrogen) atoms. The highest BCUT2D eigenvalue weighted by molar-refractivity contribution is 5.94. The highest BCUT2D eigenvalue weighted by Gasteiger charge is 2.24. The Bertz CT molecular complexity index is 771. The van der Waals surface area contributed by atoms with Crippen molar-refractivity contribution < 1.29 is 23.9 Å². The lowest BCUT2D eigenvalue weighted by Crippen LogP contribution is -2.46. The summed E-state index contributed by atoms with van der Waals surface area (Å²) in [5, 5.41) is 3.09. The normalized spacial score (nSPS) is 17.2. The van der Waals surface area contributed by atoms with E-state index in [9.17, 15) is 14.4 Å². The van der Waals surface area contributed by atoms with Gasteiger partial charge in [-0.05, 0) is 69.7 Å². The standard InChI is InChI=1S/C23H30N2O5/c1-2-29-23(28)30-20-10-8-18(9-11-20)22(27)25-14-12-19(13-15-25)24-21(26)16-17-6-4-3-5-7-17/h8-11,16,19H,2-7,12-15H2,1H3,(H,24,26). The summed E-state index contributed by atoms with van der Waals surface area (Å²) in [6.07, 6.45) is 8.16. The third-order valence-electron chi connectivity index (χ3n) is 5.52. The molecule has 162 valence electrons. The van der Waals surface area contributed by atoms with Crippen molar-refractivity contribution in [2.75, 3.05) is 19.7 Å². The second kappa shape index (κ2) is 10.8. The molecule has 2 amide bonds. The van der Waals surface area contributed by atoms with E-state index in [1.807, 2.05) is 0 Å². The zero-order chi connectivity index (χ0) is 21.3. The Morgan fingerprint density at radius 3 is 2.37 bits per heavy atom. The van der Waals surface area contributed by atoms with Gasteiger partial charge in [0, 0.05) is 30.8 Å². The topological polar surface area (TPSA) is 84.9 Å². The molecule has 0 bridgehead atoms. The molecule has 1 N–H and O–H groups in total. The minimum absolute atomic E-state index is 0.00568. The number of ether oxygens (including phenoxy) is 2. The molecule has 1 aromatic rings. The van der Waals surface area contributed by atoms with Crippen LogP contribution in [0, 0.1) is 0 Å². The molecule has 0 aromatic heterocycles. The first-order valence-corrected chi connectivity index (χ1v) is 10.8. The van der Waals surface area contributed by atoms with Crippen LogP contribution in [0.4, 0.5) is 4.79 Å². The van der Waals surface area contributed by atoms with Crippen LogP contribution in [-0.4, -0.2) is 48.6 Å². The number of benzene rings is 1. The van der Waals surface area contributed by atoms with Crippen molar-refractivity contribution in [1.82, 2.24) is 10.2 Å². The van der Waals surface area contributed by atoms with Crippen LogP contribution in [0.5, 0.6) is 5.75 Å². The van der Waals surface area contributed by atoms with Crippen LogP contribution in [0.3, 0.4) is 0 Å². The summed E-state index contributed by atoms with van der Waals surface area (Å²) in [5.41, 5.74) is 1.79. The number of nitrogens with one attached hydrogen (secondary N) is 1. The number of rotatable bonds is 5. The van der Waals surface area contributed by atoms with Crippen LogP contribution in [0.1, 0.15) is 62.2 Å². The number of carbonyl (C=O) groups excluding carboxylic acids is 3. The number of allylic oxidation sites excluding steroid dienone is 1. The monoisotopic (exact) mass is 414 g/mol. The van der Waals surface area contributed by atoms with Crippen LogP contribution in [0.25, 0.3) is 0 Å². The smallest absolute Gasteiger partial charge is 0.434 e. The first-order chi connectivity index (χ1) is 14.5. The zero-order valence-corrected chi connectivity index (χ0v) is 17.5. The maximum Gasteiger partial charge on any atom is 0.513 e. The third-order valence-corrected chi connectivity index (χ3v) is 5.52. The molecule has 1 aliphatic heterocycles. The van der Waals surface area contributed by atoms with E-state index >= 15 is 0 Å². The number of hydrogen-bond donors (Lipinski definition) is 1. The quantitative estimate of drug-likeness (QED) is 0.450. The SMILES string of the molecule is CCOC(=O)Oc1ccc(C(=O)N2CCC(NC(=O)C=C3CCCCC3)CC2)cc1. The largest absolute Gasteiger partial charge is 0.513 e. The summed E-state index contributed by atoms with van der Waals surface area (Å²) in [6.45, 7) is 3.14. The Balaban J connectivity index is 1.45. The predicted molar refractivity (Wildman–Crippen MR) is 112 cm³/mol. The molecule has 3 rings (SSSR count). The second-order valence-corrected chi connectivity index (χ2v) is 7.75. The highest BCUT2D eigenvalue weighted by atomic mass is 16.7. The number of hydrogen-bond acceptors (Lipinski definition) is 5. The molecule has 1 heterocycles. The lowest BCUT2D eigenvalue weighted by atomic mass is 9.94. The second-order valence-electron chi connectivity index (χ2n) is 7.75. The number of likely N-dealkylation sites (tertiary alicyclic amines) is 1. The fourth-order valence-corrected chi connectivity index (χ4v) is 3.90. The van der Waals surface area contributed by atoms with Gasteiger partial charge in [-0.2, -0.15) is 0 Å². The maximum atomic E-state index is 12.7. The average Bonchev–Trinajstić information content (AvgIpc) is 2.75. The zero-order valence-electron chi connectivity index (χ0n) is 17.5. The van der Waals surface area contributed by atoms with Crippen LogP contribution in [0.15, 0.2) is 35.9 Å². The lowest BCUT2D eigenvalue weighted by Gasteiger charge is -2.32. The van der Waals surface area contributed by atoms with Crippen molar-refractivity contribution in [3.63, 3.8) is 0 Å². The van der Waals surface area contributed by atoms with Gasteiger partial charge in [0.05, 0.1) is 6.61 Å². The van der Waals surface area contributed by atoms with E-state index in [1.165, 1.54) is 24.8 Å². The minimum atomic E-state index is -0.764. The van der Waals surface area contributed by atoms with Gasteiger partial charge in [-0.1, -0.05) is 12.0 Å².